The van der Waals surface area contributed by atoms with E-state index in [-0.39, 0.29) is 12.2 Å². The molecule has 1 aromatic carbocycles. The minimum Gasteiger partial charge on any atom is -0.490 e. The van der Waals surface area contributed by atoms with E-state index in [2.05, 4.69) is 114 Å². The molecule has 3 heterocycles. The van der Waals surface area contributed by atoms with Crippen molar-refractivity contribution in [3.8, 4) is 0 Å². The van der Waals surface area contributed by atoms with Crippen LogP contribution in [0.4, 0.5) is 5.69 Å². The smallest absolute Gasteiger partial charge is 0.124 e. The number of para-hydroxylation sites is 1. The van der Waals surface area contributed by atoms with Crippen LogP contribution in [0.5, 0.6) is 0 Å². The van der Waals surface area contributed by atoms with Crippen LogP contribution in [0, 0.1) is 41.4 Å². The molecule has 3 heteroatoms. The minimum absolute atomic E-state index is 0.0548. The first-order chi connectivity index (χ1) is 26.3. The van der Waals surface area contributed by atoms with Gasteiger partial charge in [0.1, 0.15) is 6.10 Å². The highest BCUT2D eigenvalue weighted by atomic mass is 16.5. The Morgan fingerprint density at radius 1 is 0.717 bits per heavy atom. The fourth-order valence-electron chi connectivity index (χ4n) is 13.2. The van der Waals surface area contributed by atoms with Crippen LogP contribution in [0.25, 0.3) is 5.57 Å². The third kappa shape index (κ3) is 5.45. The molecule has 3 aliphatic heterocycles. The Bertz CT molecular complexity index is 1880. The van der Waals surface area contributed by atoms with E-state index in [1.165, 1.54) is 85.9 Å². The molecule has 0 amide bonds. The first kappa shape index (κ1) is 32.8. The van der Waals surface area contributed by atoms with Gasteiger partial charge in [-0.05, 0) is 111 Å². The first-order valence-corrected chi connectivity index (χ1v) is 21.7. The molecule has 0 radical (unpaired) electrons. The number of benzene rings is 1. The van der Waals surface area contributed by atoms with Crippen molar-refractivity contribution < 1.29 is 9.47 Å². The van der Waals surface area contributed by atoms with E-state index < -0.39 is 0 Å². The number of allylic oxidation sites excluding steroid dienone is 10. The molecule has 0 N–H and O–H groups in total. The van der Waals surface area contributed by atoms with E-state index in [0.29, 0.717) is 65.5 Å². The fourth-order valence-corrected chi connectivity index (χ4v) is 13.2. The second-order valence-corrected chi connectivity index (χ2v) is 17.9. The maximum absolute atomic E-state index is 7.22. The minimum atomic E-state index is 0.0548. The second-order valence-electron chi connectivity index (χ2n) is 17.9. The van der Waals surface area contributed by atoms with Gasteiger partial charge in [0.25, 0.3) is 0 Å². The summed E-state index contributed by atoms with van der Waals surface area (Å²) in [5.74, 6) is 5.01. The Morgan fingerprint density at radius 2 is 1.64 bits per heavy atom. The Kier molecular flexibility index (Phi) is 8.44. The lowest BCUT2D eigenvalue weighted by Gasteiger charge is -2.57. The molecule has 3 nitrogen and oxygen atoms in total. The van der Waals surface area contributed by atoms with E-state index in [1.807, 2.05) is 0 Å². The first-order valence-electron chi connectivity index (χ1n) is 21.7. The van der Waals surface area contributed by atoms with E-state index in [1.54, 1.807) is 5.57 Å². The van der Waals surface area contributed by atoms with Crippen LogP contribution in [0.2, 0.25) is 0 Å². The van der Waals surface area contributed by atoms with E-state index in [9.17, 15) is 0 Å². The highest BCUT2D eigenvalue weighted by Crippen LogP contribution is 2.60. The summed E-state index contributed by atoms with van der Waals surface area (Å²) in [5.41, 5.74) is 7.63. The third-order valence-electron chi connectivity index (χ3n) is 15.3. The van der Waals surface area contributed by atoms with Gasteiger partial charge in [-0.25, -0.2) is 0 Å². The van der Waals surface area contributed by atoms with E-state index in [0.717, 1.165) is 25.7 Å². The summed E-state index contributed by atoms with van der Waals surface area (Å²) in [7, 11) is 0. The van der Waals surface area contributed by atoms with Crippen molar-refractivity contribution in [2.24, 2.45) is 41.4 Å². The second kappa shape index (κ2) is 13.6. The van der Waals surface area contributed by atoms with Crippen molar-refractivity contribution in [1.82, 2.24) is 0 Å². The molecule has 2 saturated heterocycles. The lowest BCUT2D eigenvalue weighted by atomic mass is 9.54. The largest absolute Gasteiger partial charge is 0.490 e. The molecule has 1 saturated carbocycles. The van der Waals surface area contributed by atoms with Gasteiger partial charge in [0.2, 0.25) is 0 Å². The number of anilines is 1. The maximum Gasteiger partial charge on any atom is 0.124 e. The summed E-state index contributed by atoms with van der Waals surface area (Å²) in [5, 5.41) is 0. The normalized spacial score (nSPS) is 40.8. The van der Waals surface area contributed by atoms with Crippen LogP contribution < -0.4 is 4.90 Å². The molecule has 0 spiro atoms. The predicted octanol–water partition coefficient (Wildman–Crippen LogP) is 11.5. The van der Waals surface area contributed by atoms with Crippen LogP contribution in [-0.2, 0) is 9.47 Å². The van der Waals surface area contributed by atoms with Crippen molar-refractivity contribution in [1.29, 1.82) is 0 Å². The van der Waals surface area contributed by atoms with Crippen LogP contribution in [-0.4, -0.2) is 30.4 Å². The van der Waals surface area contributed by atoms with Crippen LogP contribution in [0.1, 0.15) is 101 Å². The molecule has 12 unspecified atom stereocenters. The zero-order chi connectivity index (χ0) is 34.9. The molecule has 0 bridgehead atoms. The standard InChI is InChI=1S/C50H57NO2/c1-3-15-32(16-4-1)33-29-30-45-41(31-33)47(39-20-8-11-26-43(39)52-45)49-40-21-9-12-27-44(40)53-46-28-14-22-36(48(46)49)38-24-13-23-37-35-19-7-10-25-42(35)51(50(37)38)34-17-5-2-6-18-34/h2,5-8,13-14,17,19-20,22-24,27-32,34-35,39-43,45-49H,1,3-4,9-12,15-16,18,21,25-26H2. The Balaban J connectivity index is 1.06. The summed E-state index contributed by atoms with van der Waals surface area (Å²) in [4.78, 5) is 2.87. The van der Waals surface area contributed by atoms with Crippen LogP contribution >= 0.6 is 0 Å². The van der Waals surface area contributed by atoms with Gasteiger partial charge in [-0.3, -0.25) is 0 Å². The quantitative estimate of drug-likeness (QED) is 0.291. The summed E-state index contributed by atoms with van der Waals surface area (Å²) < 4.78 is 14.4. The van der Waals surface area contributed by atoms with Crippen molar-refractivity contribution in [3.05, 3.63) is 132 Å². The molecule has 1 aromatic rings. The fraction of sp³-hybridized carbons (Fsp3) is 0.520. The highest BCUT2D eigenvalue weighted by molar-refractivity contribution is 5.85. The summed E-state index contributed by atoms with van der Waals surface area (Å²) >= 11 is 0. The Labute approximate surface area is 317 Å². The number of rotatable bonds is 4. The average Bonchev–Trinajstić information content (AvgIpc) is 3.57. The predicted molar refractivity (Wildman–Crippen MR) is 216 cm³/mol. The molecule has 12 atom stereocenters. The molecule has 7 aliphatic carbocycles. The SMILES string of the molecule is C1=CCC(N2c3c(C4=CC=CC5OC6=CCCCC6C(C6C7C=C(C8CCCCC8)C=CC7OC7CCC=CC76)C45)cccc3C3C=CCCC32)C=C1. The summed E-state index contributed by atoms with van der Waals surface area (Å²) in [6.07, 6.45) is 53.7. The molecule has 10 aliphatic rings. The van der Waals surface area contributed by atoms with Crippen molar-refractivity contribution in [2.75, 3.05) is 4.90 Å². The number of ether oxygens (including phenoxy) is 2. The average molecular weight is 704 g/mol. The number of hydrogen-bond acceptors (Lipinski definition) is 3. The van der Waals surface area contributed by atoms with Crippen molar-refractivity contribution >= 4 is 11.3 Å². The van der Waals surface area contributed by atoms with Crippen LogP contribution in [0.15, 0.2) is 121 Å². The summed E-state index contributed by atoms with van der Waals surface area (Å²) in [6, 6.07) is 8.23. The summed E-state index contributed by atoms with van der Waals surface area (Å²) in [6.45, 7) is 0. The topological polar surface area (TPSA) is 21.7 Å². The molecule has 274 valence electrons. The third-order valence-corrected chi connectivity index (χ3v) is 15.3. The van der Waals surface area contributed by atoms with Gasteiger partial charge in [-0.1, -0.05) is 116 Å². The van der Waals surface area contributed by atoms with Gasteiger partial charge in [0.05, 0.1) is 24.0 Å². The molecule has 53 heavy (non-hydrogen) atoms. The molecule has 3 fully saturated rings. The van der Waals surface area contributed by atoms with Gasteiger partial charge >= 0.3 is 0 Å². The Morgan fingerprint density at radius 3 is 2.57 bits per heavy atom. The van der Waals surface area contributed by atoms with Gasteiger partial charge in [0, 0.05) is 46.9 Å². The zero-order valence-corrected chi connectivity index (χ0v) is 31.4. The van der Waals surface area contributed by atoms with Gasteiger partial charge in [-0.2, -0.15) is 0 Å². The van der Waals surface area contributed by atoms with Gasteiger partial charge in [-0.15, -0.1) is 0 Å². The van der Waals surface area contributed by atoms with Gasteiger partial charge in [0.15, 0.2) is 0 Å². The van der Waals surface area contributed by atoms with Crippen molar-refractivity contribution in [2.45, 2.75) is 120 Å². The zero-order valence-electron chi connectivity index (χ0n) is 31.4. The van der Waals surface area contributed by atoms with E-state index >= 15 is 0 Å². The van der Waals surface area contributed by atoms with Crippen LogP contribution in [0.3, 0.4) is 0 Å². The monoisotopic (exact) mass is 703 g/mol. The maximum atomic E-state index is 7.22. The lowest BCUT2D eigenvalue weighted by molar-refractivity contribution is -0.144. The molecule has 0 aromatic heterocycles. The molecular weight excluding hydrogens is 647 g/mol. The Hall–Kier alpha value is -3.56. The van der Waals surface area contributed by atoms with E-state index in [4.69, 9.17) is 9.47 Å². The highest BCUT2D eigenvalue weighted by Gasteiger charge is 2.57. The van der Waals surface area contributed by atoms with Crippen molar-refractivity contribution in [3.63, 3.8) is 0 Å². The molecule has 11 rings (SSSR count). The number of hydrogen-bond donors (Lipinski definition) is 0. The number of nitrogens with zero attached hydrogens (tertiary/aromatic N) is 1. The van der Waals surface area contributed by atoms with Gasteiger partial charge < -0.3 is 14.4 Å². The number of fused-ring (bicyclic) bond motifs is 7. The molecular formula is C50H57NO2. The lowest BCUT2D eigenvalue weighted by Crippen LogP contribution is -2.56.